The maximum Gasteiger partial charge on any atom is 0.356 e. The number of hydrogen-bond donors (Lipinski definition) is 5. The van der Waals surface area contributed by atoms with Gasteiger partial charge >= 0.3 is 11.9 Å². The van der Waals surface area contributed by atoms with Gasteiger partial charge in [0.1, 0.15) is 17.2 Å². The molecule has 1 aromatic rings. The first-order valence-corrected chi connectivity index (χ1v) is 15.1. The highest BCUT2D eigenvalue weighted by Crippen LogP contribution is 2.36. The number of methoxy groups -OCH3 is 1. The van der Waals surface area contributed by atoms with E-state index < -0.39 is 35.5 Å². The minimum Gasteiger partial charge on any atom is -0.478 e. The van der Waals surface area contributed by atoms with Crippen LogP contribution in [0.4, 0.5) is 10.1 Å². The van der Waals surface area contributed by atoms with E-state index in [2.05, 4.69) is 10.7 Å². The normalized spacial score (nSPS) is 19.9. The Bertz CT molecular complexity index is 1240. The Morgan fingerprint density at radius 1 is 1.14 bits per heavy atom. The van der Waals surface area contributed by atoms with Gasteiger partial charge in [0.05, 0.1) is 17.9 Å². The number of benzene rings is 1. The van der Waals surface area contributed by atoms with Gasteiger partial charge in [-0.1, -0.05) is 39.8 Å². The number of nitrogens with zero attached hydrogens (tertiary/aromatic N) is 3. The molecule has 1 amide bonds. The van der Waals surface area contributed by atoms with E-state index in [-0.39, 0.29) is 41.6 Å². The van der Waals surface area contributed by atoms with Gasteiger partial charge in [-0.3, -0.25) is 10.2 Å². The number of aliphatic carboxylic acids is 2. The number of allylic oxidation sites excluding steroid dienone is 1. The highest BCUT2D eigenvalue weighted by Gasteiger charge is 2.42. The topological polar surface area (TPSA) is 155 Å². The first-order valence-electron chi connectivity index (χ1n) is 15.1. The van der Waals surface area contributed by atoms with Crippen molar-refractivity contribution in [1.82, 2.24) is 20.8 Å². The number of para-hydroxylation sites is 1. The van der Waals surface area contributed by atoms with Crippen LogP contribution in [0.3, 0.4) is 0 Å². The molecule has 0 saturated carbocycles. The molecule has 1 fully saturated rings. The molecule has 1 aromatic carbocycles. The monoisotopic (exact) mass is 619 g/mol. The minimum absolute atomic E-state index is 0.0235. The lowest BCUT2D eigenvalue weighted by Gasteiger charge is -2.41. The Balaban J connectivity index is 2.16. The van der Waals surface area contributed by atoms with Crippen LogP contribution >= 0.6 is 0 Å². The van der Waals surface area contributed by atoms with E-state index in [0.717, 1.165) is 5.12 Å². The number of hydrogen-bond acceptors (Lipinski definition) is 9. The Morgan fingerprint density at radius 3 is 2.43 bits per heavy atom. The number of aliphatic hydroxyl groups is 1. The molecule has 0 aromatic heterocycles. The first kappa shape index (κ1) is 34.8. The molecular weight excluding hydrogens is 573 g/mol. The number of rotatable bonds is 15. The number of amides is 1. The number of nitrogens with one attached hydrogen (secondary N) is 2. The number of piperidine rings is 1. The number of unbranched alkanes of at least 4 members (excludes halogenated alkanes) is 1. The van der Waals surface area contributed by atoms with Crippen LogP contribution < -0.4 is 15.8 Å². The molecular formula is C31H46FN5O7. The van der Waals surface area contributed by atoms with E-state index in [1.165, 1.54) is 23.2 Å². The fourth-order valence-corrected chi connectivity index (χ4v) is 5.69. The summed E-state index contributed by atoms with van der Waals surface area (Å²) in [7, 11) is 1.57. The fourth-order valence-electron chi connectivity index (χ4n) is 5.69. The quantitative estimate of drug-likeness (QED) is 0.145. The SMILES string of the molecule is COCCCCC1=C(C(=O)N(CC(C)C)[C@@H]2CNC[C@H](C(O)C(C)C)C2)NN(/C(=C/C(=O)O)C(=O)O)N1c1ccccc1F. The van der Waals surface area contributed by atoms with Gasteiger partial charge in [0.25, 0.3) is 5.91 Å². The van der Waals surface area contributed by atoms with Gasteiger partial charge in [-0.15, -0.1) is 0 Å². The highest BCUT2D eigenvalue weighted by molar-refractivity contribution is 5.97. The number of carboxylic acids is 2. The van der Waals surface area contributed by atoms with E-state index in [1.807, 2.05) is 27.7 Å². The number of ether oxygens (including phenoxy) is 1. The molecule has 12 nitrogen and oxygen atoms in total. The van der Waals surface area contributed by atoms with E-state index >= 15 is 4.39 Å². The molecule has 244 valence electrons. The summed E-state index contributed by atoms with van der Waals surface area (Å²) in [6, 6.07) is 5.40. The Kier molecular flexibility index (Phi) is 12.6. The lowest BCUT2D eigenvalue weighted by Crippen LogP contribution is -2.55. The zero-order valence-corrected chi connectivity index (χ0v) is 26.1. The van der Waals surface area contributed by atoms with Gasteiger partial charge in [0.15, 0.2) is 5.70 Å². The molecule has 1 unspecified atom stereocenters. The van der Waals surface area contributed by atoms with Crippen molar-refractivity contribution in [3.8, 4) is 0 Å². The summed E-state index contributed by atoms with van der Waals surface area (Å²) in [5.41, 5.74) is 2.40. The number of aliphatic hydroxyl groups excluding tert-OH is 1. The third kappa shape index (κ3) is 8.48. The predicted octanol–water partition coefficient (Wildman–Crippen LogP) is 2.93. The van der Waals surface area contributed by atoms with E-state index in [0.29, 0.717) is 57.3 Å². The number of halogens is 1. The van der Waals surface area contributed by atoms with Gasteiger partial charge in [-0.25, -0.2) is 19.0 Å². The molecule has 1 saturated heterocycles. The molecule has 2 aliphatic rings. The van der Waals surface area contributed by atoms with Crippen LogP contribution in [0, 0.1) is 23.6 Å². The fraction of sp³-hybridized carbons (Fsp3) is 0.581. The number of carboxylic acid groups (broad SMARTS) is 2. The lowest BCUT2D eigenvalue weighted by atomic mass is 9.85. The third-order valence-corrected chi connectivity index (χ3v) is 7.77. The maximum atomic E-state index is 15.3. The number of carbonyl (C=O) groups is 3. The Labute approximate surface area is 258 Å². The van der Waals surface area contributed by atoms with Gasteiger partial charge in [0.2, 0.25) is 0 Å². The molecule has 5 N–H and O–H groups in total. The molecule has 2 heterocycles. The first-order chi connectivity index (χ1) is 20.9. The van der Waals surface area contributed by atoms with Gasteiger partial charge in [-0.05, 0) is 55.6 Å². The van der Waals surface area contributed by atoms with Crippen molar-refractivity contribution in [2.45, 2.75) is 65.5 Å². The molecule has 0 bridgehead atoms. The molecule has 2 aliphatic heterocycles. The van der Waals surface area contributed by atoms with Crippen molar-refractivity contribution in [3.63, 3.8) is 0 Å². The zero-order chi connectivity index (χ0) is 32.6. The molecule has 3 rings (SSSR count). The van der Waals surface area contributed by atoms with Crippen molar-refractivity contribution >= 4 is 23.5 Å². The average molecular weight is 620 g/mol. The smallest absolute Gasteiger partial charge is 0.356 e. The summed E-state index contributed by atoms with van der Waals surface area (Å²) in [5, 5.41) is 35.9. The van der Waals surface area contributed by atoms with Crippen molar-refractivity contribution in [2.24, 2.45) is 17.8 Å². The molecule has 0 aliphatic carbocycles. The third-order valence-electron chi connectivity index (χ3n) is 7.77. The van der Waals surface area contributed by atoms with E-state index in [4.69, 9.17) is 4.74 Å². The molecule has 13 heteroatoms. The van der Waals surface area contributed by atoms with Gasteiger partial charge in [0, 0.05) is 39.4 Å². The largest absolute Gasteiger partial charge is 0.478 e. The summed E-state index contributed by atoms with van der Waals surface area (Å²) in [5.74, 6) is -4.22. The standard InChI is InChI=1S/C31H46FN5O7/c1-19(2)18-35(22-14-21(16-33-17-22)29(40)20(3)4)30(41)28-25(12-8-9-13-44-5)36(24-11-7-6-10-23(24)32)37(34-28)26(31(42)43)15-27(38)39/h6-7,10-11,15,19-22,29,33-34,40H,8-9,12-14,16-18H2,1-5H3,(H,38,39)(H,42,43)/b26-15+/t21-,22+,29?/m1/s1. The van der Waals surface area contributed by atoms with Gasteiger partial charge < -0.3 is 30.3 Å². The zero-order valence-electron chi connectivity index (χ0n) is 26.1. The van der Waals surface area contributed by atoms with Crippen LogP contribution in [0.2, 0.25) is 0 Å². The lowest BCUT2D eigenvalue weighted by molar-refractivity contribution is -0.137. The maximum absolute atomic E-state index is 15.3. The van der Waals surface area contributed by atoms with Crippen molar-refractivity contribution in [1.29, 1.82) is 0 Å². The predicted molar refractivity (Wildman–Crippen MR) is 162 cm³/mol. The summed E-state index contributed by atoms with van der Waals surface area (Å²) in [6.45, 7) is 9.78. The van der Waals surface area contributed by atoms with E-state index in [9.17, 15) is 29.7 Å². The van der Waals surface area contributed by atoms with Crippen LogP contribution in [0.15, 0.2) is 47.4 Å². The van der Waals surface area contributed by atoms with Crippen LogP contribution in [0.25, 0.3) is 0 Å². The molecule has 3 atom stereocenters. The second-order valence-electron chi connectivity index (χ2n) is 12.0. The van der Waals surface area contributed by atoms with Crippen molar-refractivity contribution in [2.75, 3.05) is 38.4 Å². The Hall–Kier alpha value is -3.68. The average Bonchev–Trinajstić information content (AvgIpc) is 3.34. The van der Waals surface area contributed by atoms with Crippen molar-refractivity contribution < 1.29 is 38.8 Å². The Morgan fingerprint density at radius 2 is 1.84 bits per heavy atom. The summed E-state index contributed by atoms with van der Waals surface area (Å²) in [4.78, 5) is 40.3. The second-order valence-corrected chi connectivity index (χ2v) is 12.0. The van der Waals surface area contributed by atoms with Crippen LogP contribution in [0.5, 0.6) is 0 Å². The van der Waals surface area contributed by atoms with Crippen LogP contribution in [-0.4, -0.2) is 88.7 Å². The van der Waals surface area contributed by atoms with Crippen molar-refractivity contribution in [3.05, 3.63) is 53.2 Å². The summed E-state index contributed by atoms with van der Waals surface area (Å²) >= 11 is 0. The highest BCUT2D eigenvalue weighted by atomic mass is 19.1. The molecule has 44 heavy (non-hydrogen) atoms. The second kappa shape index (κ2) is 15.9. The summed E-state index contributed by atoms with van der Waals surface area (Å²) < 4.78 is 20.5. The molecule has 0 spiro atoms. The minimum atomic E-state index is -1.59. The summed E-state index contributed by atoms with van der Waals surface area (Å²) in [6.07, 6.45) is 1.85. The number of hydrazine groups is 2. The van der Waals surface area contributed by atoms with Crippen LogP contribution in [0.1, 0.15) is 53.4 Å². The molecule has 0 radical (unpaired) electrons. The van der Waals surface area contributed by atoms with Gasteiger partial charge in [-0.2, -0.15) is 5.12 Å². The number of anilines is 1. The number of carbonyl (C=O) groups excluding carboxylic acids is 1. The van der Waals surface area contributed by atoms with E-state index in [1.54, 1.807) is 18.1 Å². The van der Waals surface area contributed by atoms with Crippen LogP contribution in [-0.2, 0) is 19.1 Å².